The summed E-state index contributed by atoms with van der Waals surface area (Å²) in [7, 11) is 0. The van der Waals surface area contributed by atoms with Crippen LogP contribution in [0.3, 0.4) is 0 Å². The molecule has 0 aromatic heterocycles. The summed E-state index contributed by atoms with van der Waals surface area (Å²) in [6.07, 6.45) is 1.17. The predicted octanol–water partition coefficient (Wildman–Crippen LogP) is 5.14. The van der Waals surface area contributed by atoms with Gasteiger partial charge in [0.2, 0.25) is 5.91 Å². The highest BCUT2D eigenvalue weighted by Gasteiger charge is 2.05. The molecule has 0 unspecified atom stereocenters. The van der Waals surface area contributed by atoms with Crippen LogP contribution in [0.4, 0.5) is 5.69 Å². The third-order valence-corrected chi connectivity index (χ3v) is 4.17. The number of hydrogen-bond donors (Lipinski definition) is 1. The monoisotopic (exact) mass is 365 g/mol. The van der Waals surface area contributed by atoms with Crippen molar-refractivity contribution in [1.29, 1.82) is 0 Å². The number of carbonyl (C=O) groups excluding carboxylic acids is 1. The van der Waals surface area contributed by atoms with E-state index < -0.39 is 0 Å². The Bertz CT molecular complexity index is 830. The average molecular weight is 366 g/mol. The van der Waals surface area contributed by atoms with Crippen LogP contribution in [0.2, 0.25) is 5.02 Å². The number of carbonyl (C=O) groups is 1. The molecule has 0 aliphatic carbocycles. The quantitative estimate of drug-likeness (QED) is 0.629. The molecular weight excluding hydrogens is 346 g/mol. The van der Waals surface area contributed by atoms with Gasteiger partial charge in [-0.3, -0.25) is 4.79 Å². The molecule has 0 saturated carbocycles. The maximum absolute atomic E-state index is 12.1. The Hall–Kier alpha value is -2.78. The Morgan fingerprint density at radius 2 is 1.54 bits per heavy atom. The van der Waals surface area contributed by atoms with Crippen molar-refractivity contribution in [3.8, 4) is 5.75 Å². The molecule has 3 nitrogen and oxygen atoms in total. The van der Waals surface area contributed by atoms with Gasteiger partial charge in [-0.1, -0.05) is 54.1 Å². The summed E-state index contributed by atoms with van der Waals surface area (Å²) in [5.74, 6) is 0.724. The lowest BCUT2D eigenvalue weighted by atomic mass is 10.1. The summed E-state index contributed by atoms with van der Waals surface area (Å²) >= 11 is 5.85. The molecule has 132 valence electrons. The third kappa shape index (κ3) is 5.64. The molecule has 0 atom stereocenters. The van der Waals surface area contributed by atoms with Crippen molar-refractivity contribution in [2.24, 2.45) is 0 Å². The summed E-state index contributed by atoms with van der Waals surface area (Å²) in [6.45, 7) is 0.617. The van der Waals surface area contributed by atoms with Crippen LogP contribution < -0.4 is 10.1 Å². The molecule has 3 rings (SSSR count). The molecule has 0 bridgehead atoms. The van der Waals surface area contributed by atoms with Crippen LogP contribution in [0, 0.1) is 0 Å². The topological polar surface area (TPSA) is 38.3 Å². The molecule has 3 aromatic carbocycles. The lowest BCUT2D eigenvalue weighted by Crippen LogP contribution is -2.14. The van der Waals surface area contributed by atoms with Gasteiger partial charge in [0.25, 0.3) is 0 Å². The van der Waals surface area contributed by atoms with E-state index in [2.05, 4.69) is 17.4 Å². The van der Waals surface area contributed by atoms with Gasteiger partial charge in [0.15, 0.2) is 0 Å². The molecule has 0 fully saturated rings. The minimum atomic E-state index is -0.0648. The number of ether oxygens (including phenoxy) is 1. The normalized spacial score (nSPS) is 10.3. The van der Waals surface area contributed by atoms with Gasteiger partial charge in [0, 0.05) is 17.1 Å². The first-order chi connectivity index (χ1) is 12.7. The van der Waals surface area contributed by atoms with Crippen molar-refractivity contribution < 1.29 is 9.53 Å². The summed E-state index contributed by atoms with van der Waals surface area (Å²) in [5.41, 5.74) is 2.92. The van der Waals surface area contributed by atoms with Crippen molar-refractivity contribution in [2.45, 2.75) is 12.8 Å². The van der Waals surface area contributed by atoms with Crippen molar-refractivity contribution in [3.63, 3.8) is 0 Å². The van der Waals surface area contributed by atoms with Crippen LogP contribution in [-0.2, 0) is 17.6 Å². The molecule has 0 aliphatic rings. The number of rotatable bonds is 7. The standard InChI is InChI=1S/C22H20ClNO2/c23-19-8-6-18(7-9-19)16-22(25)24-20-10-12-21(13-11-20)26-15-14-17-4-2-1-3-5-17/h1-13H,14-16H2,(H,24,25). The first kappa shape index (κ1) is 18.0. The van der Waals surface area contributed by atoms with Crippen LogP contribution in [0.1, 0.15) is 11.1 Å². The second kappa shape index (κ2) is 9.07. The second-order valence-corrected chi connectivity index (χ2v) is 6.40. The van der Waals surface area contributed by atoms with Gasteiger partial charge in [-0.05, 0) is 47.5 Å². The highest BCUT2D eigenvalue weighted by Crippen LogP contribution is 2.17. The predicted molar refractivity (Wildman–Crippen MR) is 106 cm³/mol. The number of hydrogen-bond acceptors (Lipinski definition) is 2. The molecule has 26 heavy (non-hydrogen) atoms. The Kier molecular flexibility index (Phi) is 6.29. The van der Waals surface area contributed by atoms with Crippen LogP contribution in [0.5, 0.6) is 5.75 Å². The van der Waals surface area contributed by atoms with Gasteiger partial charge in [-0.15, -0.1) is 0 Å². The third-order valence-electron chi connectivity index (χ3n) is 3.92. The van der Waals surface area contributed by atoms with Gasteiger partial charge >= 0.3 is 0 Å². The minimum Gasteiger partial charge on any atom is -0.493 e. The zero-order valence-electron chi connectivity index (χ0n) is 14.3. The molecular formula is C22H20ClNO2. The smallest absolute Gasteiger partial charge is 0.228 e. The van der Waals surface area contributed by atoms with E-state index in [-0.39, 0.29) is 5.91 Å². The summed E-state index contributed by atoms with van der Waals surface area (Å²) < 4.78 is 5.75. The summed E-state index contributed by atoms with van der Waals surface area (Å²) in [5, 5.41) is 3.55. The number of halogens is 1. The minimum absolute atomic E-state index is 0.0648. The fourth-order valence-corrected chi connectivity index (χ4v) is 2.68. The average Bonchev–Trinajstić information content (AvgIpc) is 2.66. The molecule has 4 heteroatoms. The van der Waals surface area contributed by atoms with Gasteiger partial charge < -0.3 is 10.1 Å². The first-order valence-corrected chi connectivity index (χ1v) is 8.88. The van der Waals surface area contributed by atoms with Gasteiger partial charge in [0.1, 0.15) is 5.75 Å². The van der Waals surface area contributed by atoms with Crippen LogP contribution >= 0.6 is 11.6 Å². The van der Waals surface area contributed by atoms with E-state index >= 15 is 0 Å². The zero-order chi connectivity index (χ0) is 18.2. The Balaban J connectivity index is 1.46. The van der Waals surface area contributed by atoms with Gasteiger partial charge in [-0.2, -0.15) is 0 Å². The number of amides is 1. The molecule has 0 aliphatic heterocycles. The van der Waals surface area contributed by atoms with Crippen molar-refractivity contribution in [1.82, 2.24) is 0 Å². The Morgan fingerprint density at radius 1 is 0.846 bits per heavy atom. The summed E-state index contributed by atoms with van der Waals surface area (Å²) in [6, 6.07) is 24.9. The molecule has 1 N–H and O–H groups in total. The molecule has 0 saturated heterocycles. The van der Waals surface area contributed by atoms with E-state index in [9.17, 15) is 4.79 Å². The fourth-order valence-electron chi connectivity index (χ4n) is 2.56. The molecule has 0 heterocycles. The Labute approximate surface area is 158 Å². The van der Waals surface area contributed by atoms with Crippen LogP contribution in [0.15, 0.2) is 78.9 Å². The number of benzene rings is 3. The van der Waals surface area contributed by atoms with E-state index in [0.29, 0.717) is 18.1 Å². The van der Waals surface area contributed by atoms with E-state index in [1.54, 1.807) is 12.1 Å². The summed E-state index contributed by atoms with van der Waals surface area (Å²) in [4.78, 5) is 12.1. The van der Waals surface area contributed by atoms with Crippen LogP contribution in [0.25, 0.3) is 0 Å². The molecule has 0 spiro atoms. The van der Waals surface area contributed by atoms with Crippen molar-refractivity contribution >= 4 is 23.2 Å². The number of anilines is 1. The van der Waals surface area contributed by atoms with E-state index in [1.807, 2.05) is 54.6 Å². The van der Waals surface area contributed by atoms with Gasteiger partial charge in [-0.25, -0.2) is 0 Å². The lowest BCUT2D eigenvalue weighted by molar-refractivity contribution is -0.115. The highest BCUT2D eigenvalue weighted by molar-refractivity contribution is 6.30. The first-order valence-electron chi connectivity index (χ1n) is 8.50. The van der Waals surface area contributed by atoms with Gasteiger partial charge in [0.05, 0.1) is 13.0 Å². The van der Waals surface area contributed by atoms with E-state index in [1.165, 1.54) is 5.56 Å². The van der Waals surface area contributed by atoms with Crippen molar-refractivity contribution in [2.75, 3.05) is 11.9 Å². The second-order valence-electron chi connectivity index (χ2n) is 5.96. The largest absolute Gasteiger partial charge is 0.493 e. The fraction of sp³-hybridized carbons (Fsp3) is 0.136. The maximum Gasteiger partial charge on any atom is 0.228 e. The molecule has 3 aromatic rings. The Morgan fingerprint density at radius 3 is 2.23 bits per heavy atom. The highest BCUT2D eigenvalue weighted by atomic mass is 35.5. The number of nitrogens with one attached hydrogen (secondary N) is 1. The molecule has 0 radical (unpaired) electrons. The maximum atomic E-state index is 12.1. The van der Waals surface area contributed by atoms with Crippen molar-refractivity contribution in [3.05, 3.63) is 95.0 Å². The SMILES string of the molecule is O=C(Cc1ccc(Cl)cc1)Nc1ccc(OCCc2ccccc2)cc1. The molecule has 1 amide bonds. The zero-order valence-corrected chi connectivity index (χ0v) is 15.1. The lowest BCUT2D eigenvalue weighted by Gasteiger charge is -2.09. The van der Waals surface area contributed by atoms with Crippen LogP contribution in [-0.4, -0.2) is 12.5 Å². The van der Waals surface area contributed by atoms with E-state index in [4.69, 9.17) is 16.3 Å². The van der Waals surface area contributed by atoms with E-state index in [0.717, 1.165) is 23.4 Å².